The molecule has 6 nitrogen and oxygen atoms in total. The second kappa shape index (κ2) is 4.46. The maximum absolute atomic E-state index is 10.9. The van der Waals surface area contributed by atoms with Crippen LogP contribution in [0.25, 0.3) is 0 Å². The number of nitrogens with zero attached hydrogens (tertiary/aromatic N) is 4. The molecule has 1 aliphatic rings. The fourth-order valence-corrected chi connectivity index (χ4v) is 2.42. The minimum Gasteiger partial charge on any atom is -0.481 e. The summed E-state index contributed by atoms with van der Waals surface area (Å²) in [5.41, 5.74) is 2.55. The van der Waals surface area contributed by atoms with Crippen molar-refractivity contribution < 1.29 is 9.90 Å². The predicted molar refractivity (Wildman–Crippen MR) is 66.6 cm³/mol. The summed E-state index contributed by atoms with van der Waals surface area (Å²) in [6, 6.07) is 8.19. The van der Waals surface area contributed by atoms with Gasteiger partial charge in [0.25, 0.3) is 0 Å². The van der Waals surface area contributed by atoms with Gasteiger partial charge in [-0.05, 0) is 28.0 Å². The van der Waals surface area contributed by atoms with E-state index in [9.17, 15) is 4.79 Å². The molecule has 2 unspecified atom stereocenters. The molecule has 2 aromatic rings. The Bertz CT molecular complexity index is 623. The van der Waals surface area contributed by atoms with Gasteiger partial charge in [-0.25, -0.2) is 4.68 Å². The smallest absolute Gasteiger partial charge is 0.308 e. The highest BCUT2D eigenvalue weighted by Gasteiger charge is 2.32. The minimum atomic E-state index is -0.838. The lowest BCUT2D eigenvalue weighted by Crippen LogP contribution is -2.25. The first-order chi connectivity index (χ1) is 9.16. The van der Waals surface area contributed by atoms with Crippen LogP contribution in [0.1, 0.15) is 29.8 Å². The number of hydrogen-bond donors (Lipinski definition) is 1. The lowest BCUT2D eigenvalue weighted by molar-refractivity contribution is -0.141. The molecule has 6 heteroatoms. The van der Waals surface area contributed by atoms with Gasteiger partial charge in [0, 0.05) is 0 Å². The van der Waals surface area contributed by atoms with Crippen LogP contribution < -0.4 is 0 Å². The van der Waals surface area contributed by atoms with Crippen molar-refractivity contribution in [2.24, 2.45) is 5.92 Å². The second-order valence-electron chi connectivity index (χ2n) is 4.91. The van der Waals surface area contributed by atoms with Crippen LogP contribution in [0.15, 0.2) is 24.3 Å². The first kappa shape index (κ1) is 11.8. The molecule has 0 spiro atoms. The molecule has 0 bridgehead atoms. The summed E-state index contributed by atoms with van der Waals surface area (Å²) >= 11 is 0. The molecular weight excluding hydrogens is 244 g/mol. The van der Waals surface area contributed by atoms with Crippen LogP contribution in [0.2, 0.25) is 0 Å². The van der Waals surface area contributed by atoms with Crippen LogP contribution in [0.5, 0.6) is 0 Å². The van der Waals surface area contributed by atoms with Gasteiger partial charge in [-0.1, -0.05) is 31.2 Å². The molecule has 0 radical (unpaired) electrons. The lowest BCUT2D eigenvalue weighted by Gasteiger charge is -2.29. The van der Waals surface area contributed by atoms with Gasteiger partial charge in [0.1, 0.15) is 0 Å². The van der Waals surface area contributed by atoms with Crippen LogP contribution in [-0.2, 0) is 17.8 Å². The number of tetrazole rings is 1. The quantitative estimate of drug-likeness (QED) is 0.887. The first-order valence-electron chi connectivity index (χ1n) is 6.23. The highest BCUT2D eigenvalue weighted by molar-refractivity contribution is 5.69. The third-order valence-electron chi connectivity index (χ3n) is 3.59. The van der Waals surface area contributed by atoms with Crippen molar-refractivity contribution in [1.82, 2.24) is 20.2 Å². The van der Waals surface area contributed by atoms with E-state index in [-0.39, 0.29) is 5.92 Å². The molecular formula is C13H14N4O2. The molecule has 0 saturated heterocycles. The summed E-state index contributed by atoms with van der Waals surface area (Å²) in [5.74, 6) is -0.396. The molecule has 1 aliphatic carbocycles. The van der Waals surface area contributed by atoms with Crippen molar-refractivity contribution in [3.63, 3.8) is 0 Å². The van der Waals surface area contributed by atoms with Gasteiger partial charge < -0.3 is 5.11 Å². The number of hydrogen-bond acceptors (Lipinski definition) is 4. The van der Waals surface area contributed by atoms with E-state index in [1.807, 2.05) is 12.1 Å². The number of carboxylic acids is 1. The van der Waals surface area contributed by atoms with E-state index >= 15 is 0 Å². The second-order valence-corrected chi connectivity index (χ2v) is 4.91. The Kier molecular flexibility index (Phi) is 2.77. The van der Waals surface area contributed by atoms with Crippen molar-refractivity contribution in [1.29, 1.82) is 0 Å². The summed E-state index contributed by atoms with van der Waals surface area (Å²) in [6.45, 7) is 1.96. The summed E-state index contributed by atoms with van der Waals surface area (Å²) in [4.78, 5) is 10.9. The van der Waals surface area contributed by atoms with E-state index in [1.165, 1.54) is 11.1 Å². The number of carboxylic acid groups (broad SMARTS) is 1. The number of aliphatic carboxylic acids is 1. The number of fused-ring (bicyclic) bond motifs is 1. The van der Waals surface area contributed by atoms with Crippen LogP contribution in [-0.4, -0.2) is 31.3 Å². The number of carbonyl (C=O) groups is 1. The molecule has 0 fully saturated rings. The fourth-order valence-electron chi connectivity index (χ4n) is 2.42. The molecule has 19 heavy (non-hydrogen) atoms. The number of benzene rings is 1. The average Bonchev–Trinajstić information content (AvgIpc) is 2.79. The zero-order valence-corrected chi connectivity index (χ0v) is 10.5. The Morgan fingerprint density at radius 2 is 2.32 bits per heavy atom. The molecule has 3 rings (SSSR count). The van der Waals surface area contributed by atoms with Crippen molar-refractivity contribution in [2.45, 2.75) is 25.8 Å². The summed E-state index contributed by atoms with van der Waals surface area (Å²) in [6.07, 6.45) is 0.915. The third-order valence-corrected chi connectivity index (χ3v) is 3.59. The monoisotopic (exact) mass is 258 g/mol. The summed E-state index contributed by atoms with van der Waals surface area (Å²) < 4.78 is 1.61. The summed E-state index contributed by atoms with van der Waals surface area (Å²) in [5, 5.41) is 20.6. The maximum atomic E-state index is 10.9. The molecule has 1 N–H and O–H groups in total. The van der Waals surface area contributed by atoms with Gasteiger partial charge in [0.05, 0.1) is 18.4 Å². The van der Waals surface area contributed by atoms with Crippen LogP contribution in [0, 0.1) is 5.92 Å². The maximum Gasteiger partial charge on any atom is 0.308 e. The third kappa shape index (κ3) is 1.99. The van der Waals surface area contributed by atoms with Gasteiger partial charge in [-0.2, -0.15) is 0 Å². The predicted octanol–water partition coefficient (Wildman–Crippen LogP) is 1.08. The van der Waals surface area contributed by atoms with Gasteiger partial charge in [-0.3, -0.25) is 4.79 Å². The van der Waals surface area contributed by atoms with Crippen LogP contribution >= 0.6 is 0 Å². The Hall–Kier alpha value is -2.24. The average molecular weight is 258 g/mol. The van der Waals surface area contributed by atoms with Crippen molar-refractivity contribution in [3.05, 3.63) is 41.2 Å². The van der Waals surface area contributed by atoms with Gasteiger partial charge in [0.15, 0.2) is 5.82 Å². The van der Waals surface area contributed by atoms with Gasteiger partial charge in [0.2, 0.25) is 0 Å². The topological polar surface area (TPSA) is 80.9 Å². The molecule has 98 valence electrons. The van der Waals surface area contributed by atoms with Crippen LogP contribution in [0.3, 0.4) is 0 Å². The van der Waals surface area contributed by atoms with Gasteiger partial charge >= 0.3 is 5.97 Å². The highest BCUT2D eigenvalue weighted by Crippen LogP contribution is 2.38. The van der Waals surface area contributed by atoms with E-state index in [1.54, 1.807) is 11.6 Å². The summed E-state index contributed by atoms with van der Waals surface area (Å²) in [7, 11) is 0. The van der Waals surface area contributed by atoms with Crippen molar-refractivity contribution in [2.75, 3.05) is 0 Å². The Morgan fingerprint density at radius 3 is 3.05 bits per heavy atom. The fraction of sp³-hybridized carbons (Fsp3) is 0.385. The van der Waals surface area contributed by atoms with Crippen LogP contribution in [0.4, 0.5) is 0 Å². The standard InChI is InChI=1S/C13H14N4O2/c1-8(13(18)19)7-17-12(14-15-16-17)11-6-9-4-2-3-5-10(9)11/h2-5,8,11H,6-7H2,1H3,(H,18,19). The molecule has 0 saturated carbocycles. The normalized spacial score (nSPS) is 18.5. The zero-order chi connectivity index (χ0) is 13.4. The van der Waals surface area contributed by atoms with Gasteiger partial charge in [-0.15, -0.1) is 5.10 Å². The molecule has 1 aromatic carbocycles. The van der Waals surface area contributed by atoms with Crippen molar-refractivity contribution >= 4 is 5.97 Å². The Labute approximate surface area is 110 Å². The molecule has 2 atom stereocenters. The molecule has 1 heterocycles. The number of aromatic nitrogens is 4. The largest absolute Gasteiger partial charge is 0.481 e. The van der Waals surface area contributed by atoms with E-state index in [4.69, 9.17) is 5.11 Å². The van der Waals surface area contributed by atoms with E-state index < -0.39 is 11.9 Å². The molecule has 1 aromatic heterocycles. The molecule has 0 aliphatic heterocycles. The Morgan fingerprint density at radius 1 is 1.53 bits per heavy atom. The van der Waals surface area contributed by atoms with E-state index in [2.05, 4.69) is 27.7 Å². The lowest BCUT2D eigenvalue weighted by atomic mass is 9.77. The SMILES string of the molecule is CC(Cn1nnnc1C1Cc2ccccc21)C(=O)O. The minimum absolute atomic E-state index is 0.187. The van der Waals surface area contributed by atoms with E-state index in [0.29, 0.717) is 6.54 Å². The number of rotatable bonds is 4. The first-order valence-corrected chi connectivity index (χ1v) is 6.23. The Balaban J connectivity index is 1.85. The zero-order valence-electron chi connectivity index (χ0n) is 10.5. The van der Waals surface area contributed by atoms with E-state index in [0.717, 1.165) is 12.2 Å². The molecule has 0 amide bonds. The van der Waals surface area contributed by atoms with Crippen molar-refractivity contribution in [3.8, 4) is 0 Å². The highest BCUT2D eigenvalue weighted by atomic mass is 16.4.